The Balaban J connectivity index is 1.84. The van der Waals surface area contributed by atoms with Crippen LogP contribution in [0.4, 0.5) is 0 Å². The molecule has 4 saturated carbocycles. The van der Waals surface area contributed by atoms with E-state index in [1.165, 1.54) is 6.42 Å². The molecule has 0 saturated heterocycles. The number of fused-ring (bicyclic) bond motifs is 1. The maximum Gasteiger partial charge on any atom is 0.312 e. The molecular weight excluding hydrogens is 252 g/mol. The summed E-state index contributed by atoms with van der Waals surface area (Å²) in [6, 6.07) is 0. The number of carbonyl (C=O) groups excluding carboxylic acids is 2. The Hall–Kier alpha value is -0.860. The summed E-state index contributed by atoms with van der Waals surface area (Å²) in [7, 11) is 0. The van der Waals surface area contributed by atoms with Gasteiger partial charge < -0.3 is 4.74 Å². The Kier molecular flexibility index (Phi) is 3.22. The van der Waals surface area contributed by atoms with Crippen LogP contribution in [0.15, 0.2) is 0 Å². The fourth-order valence-electron chi connectivity index (χ4n) is 4.50. The normalized spacial score (nSPS) is 39.8. The van der Waals surface area contributed by atoms with Crippen molar-refractivity contribution in [3.63, 3.8) is 0 Å². The van der Waals surface area contributed by atoms with Crippen LogP contribution in [0.25, 0.3) is 0 Å². The van der Waals surface area contributed by atoms with Gasteiger partial charge in [0.2, 0.25) is 0 Å². The molecule has 2 atom stereocenters. The smallest absolute Gasteiger partial charge is 0.312 e. The summed E-state index contributed by atoms with van der Waals surface area (Å²) in [5.74, 6) is 1.67. The van der Waals surface area contributed by atoms with Crippen molar-refractivity contribution in [2.45, 2.75) is 71.3 Å². The monoisotopic (exact) mass is 278 g/mol. The van der Waals surface area contributed by atoms with Gasteiger partial charge in [0.1, 0.15) is 11.4 Å². The Morgan fingerprint density at radius 1 is 1.25 bits per heavy atom. The van der Waals surface area contributed by atoms with Gasteiger partial charge in [-0.25, -0.2) is 0 Å². The van der Waals surface area contributed by atoms with Gasteiger partial charge in [0, 0.05) is 12.3 Å². The zero-order chi connectivity index (χ0) is 14.5. The highest BCUT2D eigenvalue weighted by Gasteiger charge is 2.53. The second-order valence-corrected chi connectivity index (χ2v) is 8.00. The van der Waals surface area contributed by atoms with E-state index >= 15 is 0 Å². The Bertz CT molecular complexity index is 424. The highest BCUT2D eigenvalue weighted by atomic mass is 16.6. The Morgan fingerprint density at radius 2 is 1.85 bits per heavy atom. The largest absolute Gasteiger partial charge is 0.458 e. The number of rotatable bonds is 3. The first-order valence-electron chi connectivity index (χ1n) is 8.10. The van der Waals surface area contributed by atoms with E-state index in [0.29, 0.717) is 24.0 Å². The molecule has 0 aromatic carbocycles. The van der Waals surface area contributed by atoms with Crippen LogP contribution in [-0.2, 0) is 14.3 Å². The second kappa shape index (κ2) is 4.57. The van der Waals surface area contributed by atoms with Crippen LogP contribution in [0.1, 0.15) is 65.7 Å². The SMILES string of the molecule is CCC(C)(C)C(=O)OC12CC(=O)C3CC(CC(C3)C1)C2. The number of Topliss-reactive ketones (excluding diaryl/α,β-unsaturated/α-hetero) is 1. The third-order valence-electron chi connectivity index (χ3n) is 5.92. The maximum atomic E-state index is 12.5. The van der Waals surface area contributed by atoms with E-state index in [4.69, 9.17) is 4.74 Å². The van der Waals surface area contributed by atoms with Gasteiger partial charge >= 0.3 is 5.97 Å². The van der Waals surface area contributed by atoms with Crippen LogP contribution >= 0.6 is 0 Å². The van der Waals surface area contributed by atoms with Gasteiger partial charge in [-0.3, -0.25) is 9.59 Å². The molecule has 0 aromatic heterocycles. The highest BCUT2D eigenvalue weighted by molar-refractivity contribution is 5.84. The van der Waals surface area contributed by atoms with E-state index in [1.807, 2.05) is 20.8 Å². The molecule has 2 unspecified atom stereocenters. The minimum atomic E-state index is -0.473. The molecule has 3 nitrogen and oxygen atoms in total. The third-order valence-corrected chi connectivity index (χ3v) is 5.92. The molecule has 4 rings (SSSR count). The first kappa shape index (κ1) is 14.1. The second-order valence-electron chi connectivity index (χ2n) is 8.00. The van der Waals surface area contributed by atoms with E-state index < -0.39 is 11.0 Å². The average molecular weight is 278 g/mol. The van der Waals surface area contributed by atoms with Crippen molar-refractivity contribution in [2.24, 2.45) is 23.2 Å². The number of ether oxygens (including phenoxy) is 1. The molecule has 4 bridgehead atoms. The molecule has 4 aliphatic rings. The van der Waals surface area contributed by atoms with Crippen molar-refractivity contribution in [2.75, 3.05) is 0 Å². The minimum Gasteiger partial charge on any atom is -0.458 e. The fraction of sp³-hybridized carbons (Fsp3) is 0.882. The van der Waals surface area contributed by atoms with Crippen LogP contribution in [0.5, 0.6) is 0 Å². The van der Waals surface area contributed by atoms with Crippen LogP contribution in [0.2, 0.25) is 0 Å². The van der Waals surface area contributed by atoms with E-state index in [0.717, 1.165) is 32.1 Å². The van der Waals surface area contributed by atoms with E-state index in [-0.39, 0.29) is 11.9 Å². The lowest BCUT2D eigenvalue weighted by molar-refractivity contribution is -0.178. The molecule has 0 amide bonds. The van der Waals surface area contributed by atoms with E-state index in [1.54, 1.807) is 0 Å². The summed E-state index contributed by atoms with van der Waals surface area (Å²) in [5, 5.41) is 0. The van der Waals surface area contributed by atoms with Gasteiger partial charge in [-0.1, -0.05) is 6.92 Å². The molecule has 0 heterocycles. The maximum absolute atomic E-state index is 12.5. The lowest BCUT2D eigenvalue weighted by Gasteiger charge is -2.44. The van der Waals surface area contributed by atoms with Gasteiger partial charge in [0.05, 0.1) is 5.41 Å². The lowest BCUT2D eigenvalue weighted by Crippen LogP contribution is -2.45. The van der Waals surface area contributed by atoms with Crippen molar-refractivity contribution in [3.05, 3.63) is 0 Å². The zero-order valence-electron chi connectivity index (χ0n) is 12.9. The topological polar surface area (TPSA) is 43.4 Å². The first-order chi connectivity index (χ1) is 9.33. The molecule has 0 radical (unpaired) electrons. The fourth-order valence-corrected chi connectivity index (χ4v) is 4.50. The summed E-state index contributed by atoms with van der Waals surface area (Å²) < 4.78 is 5.99. The molecule has 3 heteroatoms. The number of hydrogen-bond donors (Lipinski definition) is 0. The molecule has 112 valence electrons. The first-order valence-corrected chi connectivity index (χ1v) is 8.10. The van der Waals surface area contributed by atoms with E-state index in [2.05, 4.69) is 0 Å². The standard InChI is InChI=1S/C17H26O3/c1-4-16(2,3)15(19)20-17-8-11-5-12(9-17)7-13(6-11)14(18)10-17/h11-13H,4-10H2,1-3H3. The van der Waals surface area contributed by atoms with Crippen LogP contribution in [-0.4, -0.2) is 17.4 Å². The van der Waals surface area contributed by atoms with Crippen molar-refractivity contribution in [3.8, 4) is 0 Å². The number of carbonyl (C=O) groups is 2. The molecule has 4 fully saturated rings. The number of esters is 1. The molecule has 0 spiro atoms. The van der Waals surface area contributed by atoms with Crippen LogP contribution in [0.3, 0.4) is 0 Å². The molecule has 0 aromatic rings. The van der Waals surface area contributed by atoms with Gasteiger partial charge in [-0.2, -0.15) is 0 Å². The molecular formula is C17H26O3. The number of hydrogen-bond acceptors (Lipinski definition) is 3. The predicted octanol–water partition coefficient (Wildman–Crippen LogP) is 3.50. The minimum absolute atomic E-state index is 0.118. The summed E-state index contributed by atoms with van der Waals surface area (Å²) >= 11 is 0. The zero-order valence-corrected chi connectivity index (χ0v) is 12.9. The van der Waals surface area contributed by atoms with Gasteiger partial charge in [-0.15, -0.1) is 0 Å². The van der Waals surface area contributed by atoms with Gasteiger partial charge in [0.15, 0.2) is 0 Å². The average Bonchev–Trinajstić information content (AvgIpc) is 2.50. The summed E-state index contributed by atoms with van der Waals surface area (Å²) in [4.78, 5) is 24.8. The Labute approximate surface area is 121 Å². The molecule has 20 heavy (non-hydrogen) atoms. The molecule has 0 N–H and O–H groups in total. The van der Waals surface area contributed by atoms with Crippen LogP contribution < -0.4 is 0 Å². The summed E-state index contributed by atoms with van der Waals surface area (Å²) in [5.41, 5.74) is -0.917. The van der Waals surface area contributed by atoms with Crippen molar-refractivity contribution in [1.82, 2.24) is 0 Å². The predicted molar refractivity (Wildman–Crippen MR) is 76.1 cm³/mol. The van der Waals surface area contributed by atoms with E-state index in [9.17, 15) is 9.59 Å². The highest BCUT2D eigenvalue weighted by Crippen LogP contribution is 2.53. The van der Waals surface area contributed by atoms with Crippen LogP contribution in [0, 0.1) is 23.2 Å². The molecule has 4 aliphatic carbocycles. The quantitative estimate of drug-likeness (QED) is 0.742. The molecule has 0 aliphatic heterocycles. The summed E-state index contributed by atoms with van der Waals surface area (Å²) in [6.07, 6.45) is 6.37. The van der Waals surface area contributed by atoms with Gasteiger partial charge in [-0.05, 0) is 64.2 Å². The number of ketones is 1. The van der Waals surface area contributed by atoms with Crippen molar-refractivity contribution in [1.29, 1.82) is 0 Å². The third kappa shape index (κ3) is 2.29. The Morgan fingerprint density at radius 3 is 2.40 bits per heavy atom. The van der Waals surface area contributed by atoms with Crippen molar-refractivity contribution < 1.29 is 14.3 Å². The lowest BCUT2D eigenvalue weighted by atomic mass is 9.66. The van der Waals surface area contributed by atoms with Gasteiger partial charge in [0.25, 0.3) is 0 Å². The van der Waals surface area contributed by atoms with Crippen molar-refractivity contribution >= 4 is 11.8 Å². The summed E-state index contributed by atoms with van der Waals surface area (Å²) in [6.45, 7) is 5.88.